The van der Waals surface area contributed by atoms with E-state index in [1.807, 2.05) is 54.6 Å². The highest BCUT2D eigenvalue weighted by molar-refractivity contribution is 6.85. The Kier molecular flexibility index (Phi) is 2.84. The third-order valence-corrected chi connectivity index (χ3v) is 3.20. The van der Waals surface area contributed by atoms with Crippen molar-refractivity contribution in [3.05, 3.63) is 54.6 Å². The molecule has 0 bridgehead atoms. The van der Waals surface area contributed by atoms with E-state index in [1.165, 1.54) is 0 Å². The molecule has 0 spiro atoms. The Morgan fingerprint density at radius 3 is 2.42 bits per heavy atom. The molecule has 2 N–H and O–H groups in total. The average molecular weight is 249 g/mol. The normalized spacial score (nSPS) is 10.5. The van der Waals surface area contributed by atoms with E-state index in [0.717, 1.165) is 27.6 Å². The second kappa shape index (κ2) is 4.65. The van der Waals surface area contributed by atoms with Gasteiger partial charge in [0.25, 0.3) is 13.1 Å². The summed E-state index contributed by atoms with van der Waals surface area (Å²) < 4.78 is 0. The second-order valence-electron chi connectivity index (χ2n) is 4.46. The van der Waals surface area contributed by atoms with Crippen molar-refractivity contribution in [2.24, 2.45) is 0 Å². The van der Waals surface area contributed by atoms with Crippen molar-refractivity contribution < 1.29 is 9.90 Å². The molecule has 92 valence electrons. The molecule has 0 unspecified atom stereocenters. The molecule has 0 saturated carbocycles. The summed E-state index contributed by atoms with van der Waals surface area (Å²) in [4.78, 5) is 14.4. The zero-order chi connectivity index (χ0) is 13.2. The fourth-order valence-electron chi connectivity index (χ4n) is 2.39. The molecular weight excluding hydrogens is 237 g/mol. The molecule has 0 atom stereocenters. The highest BCUT2D eigenvalue weighted by Gasteiger charge is 2.16. The lowest BCUT2D eigenvalue weighted by Gasteiger charge is -2.01. The molecule has 0 radical (unpaired) electrons. The first-order valence-corrected chi connectivity index (χ1v) is 6.12. The fourth-order valence-corrected chi connectivity index (χ4v) is 2.39. The standard InChI is InChI=1S/C15H12BNO2/c18-15(19)16-13-11-8-4-5-9-12(11)17-14(13)10-6-2-1-3-7-10/h1-9,16-17H,(H,18,19). The van der Waals surface area contributed by atoms with Crippen LogP contribution in [0.15, 0.2) is 54.6 Å². The first-order valence-electron chi connectivity index (χ1n) is 6.12. The highest BCUT2D eigenvalue weighted by Crippen LogP contribution is 2.21. The Morgan fingerprint density at radius 2 is 1.68 bits per heavy atom. The van der Waals surface area contributed by atoms with Crippen LogP contribution in [-0.2, 0) is 0 Å². The van der Waals surface area contributed by atoms with E-state index >= 15 is 0 Å². The topological polar surface area (TPSA) is 53.1 Å². The molecule has 0 amide bonds. The average Bonchev–Trinajstić information content (AvgIpc) is 2.78. The van der Waals surface area contributed by atoms with Crippen molar-refractivity contribution in [1.82, 2.24) is 4.98 Å². The van der Waals surface area contributed by atoms with Crippen LogP contribution in [0, 0.1) is 0 Å². The van der Waals surface area contributed by atoms with Crippen LogP contribution in [0.4, 0.5) is 4.79 Å². The van der Waals surface area contributed by atoms with Gasteiger partial charge in [0, 0.05) is 11.2 Å². The van der Waals surface area contributed by atoms with Gasteiger partial charge in [0.05, 0.1) is 0 Å². The summed E-state index contributed by atoms with van der Waals surface area (Å²) >= 11 is 0. The Balaban J connectivity index is 2.26. The van der Waals surface area contributed by atoms with E-state index < -0.39 is 5.87 Å². The molecule has 1 aromatic heterocycles. The van der Waals surface area contributed by atoms with Crippen LogP contribution in [0.5, 0.6) is 0 Å². The van der Waals surface area contributed by atoms with Crippen molar-refractivity contribution in [2.45, 2.75) is 0 Å². The second-order valence-corrected chi connectivity index (χ2v) is 4.46. The molecule has 0 fully saturated rings. The van der Waals surface area contributed by atoms with E-state index in [0.29, 0.717) is 0 Å². The van der Waals surface area contributed by atoms with E-state index in [9.17, 15) is 4.79 Å². The third kappa shape index (κ3) is 2.13. The van der Waals surface area contributed by atoms with Gasteiger partial charge in [-0.3, -0.25) is 4.79 Å². The van der Waals surface area contributed by atoms with Crippen LogP contribution >= 0.6 is 0 Å². The predicted molar refractivity (Wildman–Crippen MR) is 78.5 cm³/mol. The van der Waals surface area contributed by atoms with Gasteiger partial charge in [-0.05, 0) is 22.5 Å². The van der Waals surface area contributed by atoms with Gasteiger partial charge in [-0.15, -0.1) is 0 Å². The number of hydrogen-bond acceptors (Lipinski definition) is 1. The number of para-hydroxylation sites is 1. The minimum Gasteiger partial charge on any atom is -0.489 e. The predicted octanol–water partition coefficient (Wildman–Crippen LogP) is 2.57. The van der Waals surface area contributed by atoms with Crippen molar-refractivity contribution in [1.29, 1.82) is 0 Å². The Morgan fingerprint density at radius 1 is 1.00 bits per heavy atom. The molecule has 3 rings (SSSR count). The third-order valence-electron chi connectivity index (χ3n) is 3.20. The van der Waals surface area contributed by atoms with Gasteiger partial charge in [0.15, 0.2) is 0 Å². The lowest BCUT2D eigenvalue weighted by molar-refractivity contribution is 0.220. The van der Waals surface area contributed by atoms with Crippen molar-refractivity contribution in [2.75, 3.05) is 0 Å². The molecule has 0 aliphatic carbocycles. The summed E-state index contributed by atoms with van der Waals surface area (Å²) in [7, 11) is 0.0221. The van der Waals surface area contributed by atoms with E-state index in [1.54, 1.807) is 0 Å². The molecule has 19 heavy (non-hydrogen) atoms. The lowest BCUT2D eigenvalue weighted by Crippen LogP contribution is -2.23. The molecule has 1 heterocycles. The molecular formula is C15H12BNO2. The Hall–Kier alpha value is -2.49. The lowest BCUT2D eigenvalue weighted by atomic mass is 9.68. The number of rotatable bonds is 3. The van der Waals surface area contributed by atoms with Gasteiger partial charge in [-0.25, -0.2) is 0 Å². The van der Waals surface area contributed by atoms with Gasteiger partial charge < -0.3 is 10.1 Å². The van der Waals surface area contributed by atoms with Crippen molar-refractivity contribution in [3.63, 3.8) is 0 Å². The van der Waals surface area contributed by atoms with Crippen LogP contribution in [0.2, 0.25) is 0 Å². The number of carboxylic acid groups (broad SMARTS) is 1. The summed E-state index contributed by atoms with van der Waals surface area (Å²) in [6, 6.07) is 17.6. The number of aromatic nitrogens is 1. The summed E-state index contributed by atoms with van der Waals surface area (Å²) in [5.41, 5.74) is 3.71. The van der Waals surface area contributed by atoms with Gasteiger partial charge in [-0.2, -0.15) is 0 Å². The van der Waals surface area contributed by atoms with Crippen LogP contribution in [-0.4, -0.2) is 23.2 Å². The maximum Gasteiger partial charge on any atom is 0.296 e. The summed E-state index contributed by atoms with van der Waals surface area (Å²) in [6.45, 7) is 0. The van der Waals surface area contributed by atoms with Crippen molar-refractivity contribution in [3.8, 4) is 11.3 Å². The van der Waals surface area contributed by atoms with Crippen LogP contribution in [0.1, 0.15) is 0 Å². The molecule has 4 heteroatoms. The van der Waals surface area contributed by atoms with Gasteiger partial charge in [0.2, 0.25) is 0 Å². The molecule has 3 aromatic rings. The molecule has 3 nitrogen and oxygen atoms in total. The summed E-state index contributed by atoms with van der Waals surface area (Å²) in [6.07, 6.45) is 0. The number of H-pyrrole nitrogens is 1. The van der Waals surface area contributed by atoms with Gasteiger partial charge >= 0.3 is 0 Å². The largest absolute Gasteiger partial charge is 0.489 e. The van der Waals surface area contributed by atoms with Crippen LogP contribution in [0.25, 0.3) is 22.2 Å². The monoisotopic (exact) mass is 249 g/mol. The zero-order valence-corrected chi connectivity index (χ0v) is 10.3. The van der Waals surface area contributed by atoms with E-state index in [2.05, 4.69) is 4.98 Å². The highest BCUT2D eigenvalue weighted by atomic mass is 16.4. The first kappa shape index (κ1) is 11.6. The van der Waals surface area contributed by atoms with Crippen LogP contribution < -0.4 is 5.46 Å². The molecule has 0 aliphatic rings. The molecule has 0 aliphatic heterocycles. The minimum absolute atomic E-state index is 0.0221. The quantitative estimate of drug-likeness (QED) is 0.701. The zero-order valence-electron chi connectivity index (χ0n) is 10.3. The molecule has 2 aromatic carbocycles. The number of hydrogen-bond donors (Lipinski definition) is 2. The summed E-state index contributed by atoms with van der Waals surface area (Å²) in [5.74, 6) is -0.818. The van der Waals surface area contributed by atoms with Crippen LogP contribution in [0.3, 0.4) is 0 Å². The van der Waals surface area contributed by atoms with Gasteiger partial charge in [0.1, 0.15) is 0 Å². The van der Waals surface area contributed by atoms with Crippen molar-refractivity contribution >= 4 is 29.5 Å². The minimum atomic E-state index is -0.818. The van der Waals surface area contributed by atoms with E-state index in [4.69, 9.17) is 5.11 Å². The number of benzene rings is 2. The van der Waals surface area contributed by atoms with E-state index in [-0.39, 0.29) is 7.28 Å². The SMILES string of the molecule is O=C(O)Bc1c(-c2ccccc2)[nH]c2ccccc12. The number of carbonyl (C=O) groups is 1. The Bertz CT molecular complexity index is 734. The first-order chi connectivity index (χ1) is 9.25. The Labute approximate surface area is 111 Å². The fraction of sp³-hybridized carbons (Fsp3) is 0. The molecule has 0 saturated heterocycles. The van der Waals surface area contributed by atoms with Gasteiger partial charge in [-0.1, -0.05) is 48.5 Å². The summed E-state index contributed by atoms with van der Waals surface area (Å²) in [5, 5.41) is 10.1. The smallest absolute Gasteiger partial charge is 0.296 e. The number of nitrogens with one attached hydrogen (secondary N) is 1. The maximum absolute atomic E-state index is 11.1. The maximum atomic E-state index is 11.1. The number of fused-ring (bicyclic) bond motifs is 1. The number of aromatic amines is 1.